The Morgan fingerprint density at radius 1 is 1.69 bits per heavy atom. The second-order valence-electron chi connectivity index (χ2n) is 3.18. The normalized spacial score (nSPS) is 11.7. The third-order valence-electron chi connectivity index (χ3n) is 2.07. The van der Waals surface area contributed by atoms with Crippen LogP contribution in [-0.4, -0.2) is 34.3 Å². The fraction of sp³-hybridized carbons (Fsp3) is 0.500. The molecular weight excluding hydrogens is 210 g/mol. The summed E-state index contributed by atoms with van der Waals surface area (Å²) in [7, 11) is 0. The summed E-state index contributed by atoms with van der Waals surface area (Å²) in [6.45, 7) is 3.03. The number of hydrogen-bond donors (Lipinski definition) is 2. The number of rotatable bonds is 7. The van der Waals surface area contributed by atoms with Gasteiger partial charge < -0.3 is 14.9 Å². The van der Waals surface area contributed by atoms with Crippen LogP contribution >= 0.6 is 0 Å². The summed E-state index contributed by atoms with van der Waals surface area (Å²) in [6.07, 6.45) is 4.20. The van der Waals surface area contributed by atoms with Gasteiger partial charge in [0.2, 0.25) is 5.89 Å². The van der Waals surface area contributed by atoms with Crippen molar-refractivity contribution in [2.75, 3.05) is 13.1 Å². The van der Waals surface area contributed by atoms with E-state index in [1.165, 1.54) is 6.33 Å². The molecule has 1 aromatic heterocycles. The molecule has 6 nitrogen and oxygen atoms in total. The number of nitrogens with zero attached hydrogens (tertiary/aromatic N) is 2. The third kappa shape index (κ3) is 4.22. The number of carboxylic acids is 1. The molecule has 0 aliphatic carbocycles. The topological polar surface area (TPSA) is 88.3 Å². The maximum Gasteiger partial charge on any atom is 0.331 e. The van der Waals surface area contributed by atoms with Crippen molar-refractivity contribution in [1.82, 2.24) is 15.5 Å². The van der Waals surface area contributed by atoms with Gasteiger partial charge in [0.15, 0.2) is 6.33 Å². The average molecular weight is 225 g/mol. The van der Waals surface area contributed by atoms with Crippen LogP contribution in [-0.2, 0) is 11.2 Å². The van der Waals surface area contributed by atoms with Crippen LogP contribution in [0.25, 0.3) is 0 Å². The second-order valence-corrected chi connectivity index (χ2v) is 3.18. The first-order chi connectivity index (χ1) is 7.74. The number of hydrogen-bond acceptors (Lipinski definition) is 5. The van der Waals surface area contributed by atoms with Crippen molar-refractivity contribution in [3.63, 3.8) is 0 Å². The molecule has 0 aromatic carbocycles. The lowest BCUT2D eigenvalue weighted by atomic mass is 10.2. The molecule has 0 amide bonds. The highest BCUT2D eigenvalue weighted by Crippen LogP contribution is 1.98. The maximum absolute atomic E-state index is 10.7. The van der Waals surface area contributed by atoms with E-state index in [9.17, 15) is 4.79 Å². The van der Waals surface area contributed by atoms with E-state index in [0.717, 1.165) is 0 Å². The van der Waals surface area contributed by atoms with Gasteiger partial charge in [0.05, 0.1) is 0 Å². The van der Waals surface area contributed by atoms with E-state index < -0.39 is 5.97 Å². The Morgan fingerprint density at radius 2 is 2.50 bits per heavy atom. The number of aromatic nitrogens is 2. The molecule has 0 spiro atoms. The van der Waals surface area contributed by atoms with E-state index in [1.54, 1.807) is 6.08 Å². The van der Waals surface area contributed by atoms with E-state index in [2.05, 4.69) is 15.5 Å². The maximum atomic E-state index is 10.7. The summed E-state index contributed by atoms with van der Waals surface area (Å²) >= 11 is 0. The van der Waals surface area contributed by atoms with Gasteiger partial charge in [-0.3, -0.25) is 0 Å². The molecule has 1 aromatic rings. The fourth-order valence-electron chi connectivity index (χ4n) is 1.18. The summed E-state index contributed by atoms with van der Waals surface area (Å²) in [5, 5.41) is 15.3. The van der Waals surface area contributed by atoms with Crippen molar-refractivity contribution in [3.8, 4) is 0 Å². The second kappa shape index (κ2) is 6.73. The van der Waals surface area contributed by atoms with Crippen LogP contribution in [0, 0.1) is 0 Å². The molecule has 0 aliphatic heterocycles. The first-order valence-electron chi connectivity index (χ1n) is 5.12. The van der Waals surface area contributed by atoms with E-state index in [-0.39, 0.29) is 0 Å². The zero-order valence-corrected chi connectivity index (χ0v) is 9.14. The SMILES string of the molecule is CCC(=CCNCCc1ncno1)C(=O)O. The number of aliphatic carboxylic acids is 1. The summed E-state index contributed by atoms with van der Waals surface area (Å²) in [5.41, 5.74) is 0.422. The van der Waals surface area contributed by atoms with Crippen molar-refractivity contribution in [1.29, 1.82) is 0 Å². The molecule has 0 saturated heterocycles. The van der Waals surface area contributed by atoms with Gasteiger partial charge in [-0.05, 0) is 6.42 Å². The molecule has 0 radical (unpaired) electrons. The Balaban J connectivity index is 2.18. The minimum absolute atomic E-state index is 0.422. The molecule has 16 heavy (non-hydrogen) atoms. The predicted octanol–water partition coefficient (Wildman–Crippen LogP) is 0.623. The van der Waals surface area contributed by atoms with Gasteiger partial charge >= 0.3 is 5.97 Å². The Hall–Kier alpha value is -1.69. The lowest BCUT2D eigenvalue weighted by molar-refractivity contribution is -0.132. The first-order valence-corrected chi connectivity index (χ1v) is 5.12. The van der Waals surface area contributed by atoms with Crippen LogP contribution < -0.4 is 5.32 Å². The van der Waals surface area contributed by atoms with Gasteiger partial charge in [0, 0.05) is 25.1 Å². The average Bonchev–Trinajstić information content (AvgIpc) is 2.75. The van der Waals surface area contributed by atoms with Gasteiger partial charge in [-0.2, -0.15) is 4.98 Å². The molecule has 2 N–H and O–H groups in total. The summed E-state index contributed by atoms with van der Waals surface area (Å²) < 4.78 is 4.81. The molecule has 0 fully saturated rings. The van der Waals surface area contributed by atoms with Crippen LogP contribution in [0.15, 0.2) is 22.5 Å². The smallest absolute Gasteiger partial charge is 0.331 e. The van der Waals surface area contributed by atoms with Gasteiger partial charge in [-0.15, -0.1) is 0 Å². The molecule has 0 bridgehead atoms. The van der Waals surface area contributed by atoms with Crippen LogP contribution in [0.2, 0.25) is 0 Å². The quantitative estimate of drug-likeness (QED) is 0.522. The fourth-order valence-corrected chi connectivity index (χ4v) is 1.18. The number of carbonyl (C=O) groups is 1. The minimum Gasteiger partial charge on any atom is -0.478 e. The van der Waals surface area contributed by atoms with Crippen molar-refractivity contribution in [2.24, 2.45) is 0 Å². The summed E-state index contributed by atoms with van der Waals surface area (Å²) in [4.78, 5) is 14.5. The minimum atomic E-state index is -0.860. The van der Waals surface area contributed by atoms with Crippen molar-refractivity contribution >= 4 is 5.97 Å². The highest BCUT2D eigenvalue weighted by Gasteiger charge is 2.02. The Morgan fingerprint density at radius 3 is 3.06 bits per heavy atom. The highest BCUT2D eigenvalue weighted by atomic mass is 16.5. The van der Waals surface area contributed by atoms with Gasteiger partial charge in [0.25, 0.3) is 0 Å². The van der Waals surface area contributed by atoms with E-state index in [4.69, 9.17) is 9.63 Å². The Bertz CT molecular complexity index is 346. The van der Waals surface area contributed by atoms with Crippen LogP contribution in [0.1, 0.15) is 19.2 Å². The highest BCUT2D eigenvalue weighted by molar-refractivity contribution is 5.86. The van der Waals surface area contributed by atoms with Gasteiger partial charge in [-0.1, -0.05) is 18.2 Å². The van der Waals surface area contributed by atoms with E-state index >= 15 is 0 Å². The largest absolute Gasteiger partial charge is 0.478 e. The molecule has 1 rings (SSSR count). The van der Waals surface area contributed by atoms with Crippen LogP contribution in [0.4, 0.5) is 0 Å². The van der Waals surface area contributed by atoms with E-state index in [1.807, 2.05) is 6.92 Å². The molecule has 0 saturated carbocycles. The molecule has 0 atom stereocenters. The Labute approximate surface area is 93.4 Å². The van der Waals surface area contributed by atoms with Crippen LogP contribution in [0.3, 0.4) is 0 Å². The van der Waals surface area contributed by atoms with Crippen molar-refractivity contribution in [2.45, 2.75) is 19.8 Å². The monoisotopic (exact) mass is 225 g/mol. The van der Waals surface area contributed by atoms with Crippen molar-refractivity contribution < 1.29 is 14.4 Å². The zero-order chi connectivity index (χ0) is 11.8. The lowest BCUT2D eigenvalue weighted by Gasteiger charge is -2.00. The molecule has 6 heteroatoms. The Kier molecular flexibility index (Phi) is 5.21. The zero-order valence-electron chi connectivity index (χ0n) is 9.14. The number of nitrogens with one attached hydrogen (secondary N) is 1. The summed E-state index contributed by atoms with van der Waals surface area (Å²) in [6, 6.07) is 0. The number of carboxylic acid groups (broad SMARTS) is 1. The molecule has 0 unspecified atom stereocenters. The molecule has 1 heterocycles. The third-order valence-corrected chi connectivity index (χ3v) is 2.07. The first kappa shape index (κ1) is 12.4. The van der Waals surface area contributed by atoms with Gasteiger partial charge in [0.1, 0.15) is 0 Å². The van der Waals surface area contributed by atoms with Gasteiger partial charge in [-0.25, -0.2) is 4.79 Å². The van der Waals surface area contributed by atoms with E-state index in [0.29, 0.717) is 37.4 Å². The predicted molar refractivity (Wildman–Crippen MR) is 56.9 cm³/mol. The molecular formula is C10H15N3O3. The van der Waals surface area contributed by atoms with Crippen molar-refractivity contribution in [3.05, 3.63) is 23.9 Å². The standard InChI is InChI=1S/C10H15N3O3/c1-2-8(10(14)15)3-5-11-6-4-9-12-7-13-16-9/h3,7,11H,2,4-6H2,1H3,(H,14,15). The van der Waals surface area contributed by atoms with Crippen LogP contribution in [0.5, 0.6) is 0 Å². The summed E-state index contributed by atoms with van der Waals surface area (Å²) in [5.74, 6) is -0.286. The molecule has 0 aliphatic rings. The lowest BCUT2D eigenvalue weighted by Crippen LogP contribution is -2.18. The molecule has 88 valence electrons.